The fourth-order valence-electron chi connectivity index (χ4n) is 4.56. The highest BCUT2D eigenvalue weighted by atomic mass is 19.4. The first-order valence-electron chi connectivity index (χ1n) is 12.0. The first kappa shape index (κ1) is 26.5. The molecule has 2 aliphatic rings. The van der Waals surface area contributed by atoms with Crippen molar-refractivity contribution in [2.45, 2.75) is 83.2 Å². The maximum absolute atomic E-state index is 12.4. The fourth-order valence-corrected chi connectivity index (χ4v) is 4.56. The van der Waals surface area contributed by atoms with E-state index in [1.54, 1.807) is 6.07 Å². The summed E-state index contributed by atoms with van der Waals surface area (Å²) in [5.41, 5.74) is 1.23. The lowest BCUT2D eigenvalue weighted by Crippen LogP contribution is -2.44. The van der Waals surface area contributed by atoms with Crippen molar-refractivity contribution in [1.29, 1.82) is 0 Å². The number of amides is 1. The van der Waals surface area contributed by atoms with Gasteiger partial charge in [0.1, 0.15) is 5.60 Å². The predicted molar refractivity (Wildman–Crippen MR) is 121 cm³/mol. The summed E-state index contributed by atoms with van der Waals surface area (Å²) in [6.45, 7) is 6.11. The molecule has 7 nitrogen and oxygen atoms in total. The SMILES string of the molecule is CC(C)(C)OC(=O)NC1CCC(C(O)CN2CCc3ccc(OCC(F)(F)F)nc3CC2)CC1. The van der Waals surface area contributed by atoms with Gasteiger partial charge in [-0.1, -0.05) is 6.07 Å². The van der Waals surface area contributed by atoms with Crippen LogP contribution in [0.15, 0.2) is 12.1 Å². The molecule has 10 heteroatoms. The van der Waals surface area contributed by atoms with E-state index in [0.717, 1.165) is 49.9 Å². The van der Waals surface area contributed by atoms with Crippen molar-refractivity contribution in [1.82, 2.24) is 15.2 Å². The Labute approximate surface area is 199 Å². The average molecular weight is 488 g/mol. The Morgan fingerprint density at radius 1 is 1.18 bits per heavy atom. The lowest BCUT2D eigenvalue weighted by molar-refractivity contribution is -0.154. The number of carbonyl (C=O) groups excluding carboxylic acids is 1. The van der Waals surface area contributed by atoms with Gasteiger partial charge in [-0.2, -0.15) is 13.2 Å². The largest absolute Gasteiger partial charge is 0.468 e. The zero-order chi connectivity index (χ0) is 24.9. The Morgan fingerprint density at radius 2 is 1.85 bits per heavy atom. The molecular formula is C24H36F3N3O4. The molecule has 0 radical (unpaired) electrons. The maximum atomic E-state index is 12.4. The van der Waals surface area contributed by atoms with Crippen LogP contribution in [-0.2, 0) is 17.6 Å². The molecule has 34 heavy (non-hydrogen) atoms. The Morgan fingerprint density at radius 3 is 2.50 bits per heavy atom. The summed E-state index contributed by atoms with van der Waals surface area (Å²) in [6, 6.07) is 3.33. The number of rotatable bonds is 6. The van der Waals surface area contributed by atoms with Gasteiger partial charge in [-0.15, -0.1) is 0 Å². The summed E-state index contributed by atoms with van der Waals surface area (Å²) in [5, 5.41) is 13.8. The molecule has 1 fully saturated rings. The van der Waals surface area contributed by atoms with E-state index in [2.05, 4.69) is 15.2 Å². The third-order valence-corrected chi connectivity index (χ3v) is 6.27. The van der Waals surface area contributed by atoms with Gasteiger partial charge in [0.2, 0.25) is 5.88 Å². The molecule has 2 heterocycles. The molecule has 0 saturated heterocycles. The molecule has 3 rings (SSSR count). The van der Waals surface area contributed by atoms with Crippen LogP contribution in [0.5, 0.6) is 5.88 Å². The highest BCUT2D eigenvalue weighted by Gasteiger charge is 2.31. The zero-order valence-corrected chi connectivity index (χ0v) is 20.2. The molecule has 1 unspecified atom stereocenters. The van der Waals surface area contributed by atoms with E-state index in [1.807, 2.05) is 20.8 Å². The molecule has 1 aliphatic heterocycles. The number of aliphatic hydroxyl groups is 1. The predicted octanol–water partition coefficient (Wildman–Crippen LogP) is 3.87. The molecule has 1 saturated carbocycles. The number of hydrogen-bond donors (Lipinski definition) is 2. The van der Waals surface area contributed by atoms with Gasteiger partial charge in [0.25, 0.3) is 0 Å². The minimum atomic E-state index is -4.40. The van der Waals surface area contributed by atoms with Crippen LogP contribution in [0.2, 0.25) is 0 Å². The maximum Gasteiger partial charge on any atom is 0.422 e. The average Bonchev–Trinajstić information content (AvgIpc) is 2.93. The molecule has 1 amide bonds. The van der Waals surface area contributed by atoms with Gasteiger partial charge >= 0.3 is 12.3 Å². The quantitative estimate of drug-likeness (QED) is 0.634. The van der Waals surface area contributed by atoms with Crippen molar-refractivity contribution in [3.05, 3.63) is 23.4 Å². The third kappa shape index (κ3) is 8.61. The number of nitrogens with one attached hydrogen (secondary N) is 1. The standard InChI is InChI=1S/C24H36F3N3O4/c1-23(2,3)34-22(32)28-18-7-4-17(5-8-18)20(31)14-30-12-10-16-6-9-21(29-19(16)11-13-30)33-15-24(25,26)27/h6,9,17-18,20,31H,4-5,7-8,10-15H2,1-3H3,(H,28,32). The first-order valence-corrected chi connectivity index (χ1v) is 12.0. The van der Waals surface area contributed by atoms with Gasteiger partial charge in [-0.3, -0.25) is 0 Å². The first-order chi connectivity index (χ1) is 15.9. The summed E-state index contributed by atoms with van der Waals surface area (Å²) in [7, 11) is 0. The second-order valence-electron chi connectivity index (χ2n) is 10.3. The zero-order valence-electron chi connectivity index (χ0n) is 20.2. The van der Waals surface area contributed by atoms with Crippen LogP contribution in [0.4, 0.5) is 18.0 Å². The summed E-state index contributed by atoms with van der Waals surface area (Å²) >= 11 is 0. The summed E-state index contributed by atoms with van der Waals surface area (Å²) in [5.74, 6) is 0.157. The van der Waals surface area contributed by atoms with Crippen LogP contribution in [0.1, 0.15) is 57.7 Å². The minimum absolute atomic E-state index is 0.0127. The molecule has 192 valence electrons. The van der Waals surface area contributed by atoms with E-state index < -0.39 is 30.6 Å². The van der Waals surface area contributed by atoms with E-state index >= 15 is 0 Å². The number of ether oxygens (including phenoxy) is 2. The van der Waals surface area contributed by atoms with E-state index in [0.29, 0.717) is 19.5 Å². The van der Waals surface area contributed by atoms with E-state index in [4.69, 9.17) is 9.47 Å². The highest BCUT2D eigenvalue weighted by Crippen LogP contribution is 2.28. The monoisotopic (exact) mass is 487 g/mol. The van der Waals surface area contributed by atoms with E-state index in [9.17, 15) is 23.1 Å². The Kier molecular flexibility index (Phi) is 8.67. The van der Waals surface area contributed by atoms with Gasteiger partial charge < -0.3 is 24.8 Å². The Hall–Kier alpha value is -2.07. The van der Waals surface area contributed by atoms with Gasteiger partial charge in [-0.05, 0) is 64.4 Å². The van der Waals surface area contributed by atoms with Crippen molar-refractivity contribution in [3.8, 4) is 5.88 Å². The summed E-state index contributed by atoms with van der Waals surface area (Å²) < 4.78 is 47.3. The van der Waals surface area contributed by atoms with Crippen molar-refractivity contribution in [2.75, 3.05) is 26.2 Å². The molecular weight excluding hydrogens is 451 g/mol. The second-order valence-corrected chi connectivity index (χ2v) is 10.3. The number of nitrogens with zero attached hydrogens (tertiary/aromatic N) is 2. The van der Waals surface area contributed by atoms with Crippen LogP contribution in [0.25, 0.3) is 0 Å². The summed E-state index contributed by atoms with van der Waals surface area (Å²) in [6.07, 6.45) is -0.684. The topological polar surface area (TPSA) is 83.9 Å². The van der Waals surface area contributed by atoms with Crippen LogP contribution >= 0.6 is 0 Å². The van der Waals surface area contributed by atoms with Gasteiger partial charge in [0.15, 0.2) is 6.61 Å². The normalized spacial score (nSPS) is 22.9. The number of pyridine rings is 1. The molecule has 0 aromatic carbocycles. The number of β-amino-alcohol motifs (C(OH)–C–C–N with tert-alkyl or cyclic N) is 1. The number of aliphatic hydroxyl groups excluding tert-OH is 1. The fraction of sp³-hybridized carbons (Fsp3) is 0.750. The van der Waals surface area contributed by atoms with Crippen LogP contribution in [-0.4, -0.2) is 71.2 Å². The number of aromatic nitrogens is 1. The van der Waals surface area contributed by atoms with Crippen molar-refractivity contribution in [3.63, 3.8) is 0 Å². The molecule has 1 aromatic rings. The van der Waals surface area contributed by atoms with E-state index in [-0.39, 0.29) is 17.8 Å². The molecule has 1 atom stereocenters. The van der Waals surface area contributed by atoms with Gasteiger partial charge in [0.05, 0.1) is 6.10 Å². The molecule has 1 aliphatic carbocycles. The molecule has 0 spiro atoms. The van der Waals surface area contributed by atoms with Crippen molar-refractivity contribution < 1.29 is 32.5 Å². The lowest BCUT2D eigenvalue weighted by Gasteiger charge is -2.34. The lowest BCUT2D eigenvalue weighted by atomic mass is 9.82. The second kappa shape index (κ2) is 11.1. The Balaban J connectivity index is 1.43. The van der Waals surface area contributed by atoms with Crippen LogP contribution < -0.4 is 10.1 Å². The number of alkyl carbamates (subject to hydrolysis) is 1. The number of carbonyl (C=O) groups is 1. The van der Waals surface area contributed by atoms with Gasteiger partial charge in [-0.25, -0.2) is 9.78 Å². The Bertz CT molecular complexity index is 821. The van der Waals surface area contributed by atoms with Crippen LogP contribution in [0.3, 0.4) is 0 Å². The number of alkyl halides is 3. The molecule has 1 aromatic heterocycles. The summed E-state index contributed by atoms with van der Waals surface area (Å²) in [4.78, 5) is 18.4. The minimum Gasteiger partial charge on any atom is -0.468 e. The van der Waals surface area contributed by atoms with Crippen molar-refractivity contribution in [2.24, 2.45) is 5.92 Å². The van der Waals surface area contributed by atoms with E-state index in [1.165, 1.54) is 6.07 Å². The van der Waals surface area contributed by atoms with Gasteiger partial charge in [0, 0.05) is 43.9 Å². The van der Waals surface area contributed by atoms with Crippen molar-refractivity contribution >= 4 is 6.09 Å². The molecule has 2 N–H and O–H groups in total. The van der Waals surface area contributed by atoms with Crippen LogP contribution in [0, 0.1) is 5.92 Å². The molecule has 0 bridgehead atoms. The number of hydrogen-bond acceptors (Lipinski definition) is 6. The highest BCUT2D eigenvalue weighted by molar-refractivity contribution is 5.68. The smallest absolute Gasteiger partial charge is 0.422 e. The third-order valence-electron chi connectivity index (χ3n) is 6.27. The number of halogens is 3. The number of fused-ring (bicyclic) bond motifs is 1.